The van der Waals surface area contributed by atoms with Gasteiger partial charge in [-0.1, -0.05) is 35.9 Å². The number of rotatable bonds is 3. The van der Waals surface area contributed by atoms with Gasteiger partial charge in [0.2, 0.25) is 0 Å². The van der Waals surface area contributed by atoms with Crippen LogP contribution in [0.25, 0.3) is 10.8 Å². The van der Waals surface area contributed by atoms with Crippen molar-refractivity contribution in [3.8, 4) is 5.75 Å². The summed E-state index contributed by atoms with van der Waals surface area (Å²) in [5.74, 6) is 0.726. The number of halogens is 2. The molecule has 0 spiro atoms. The summed E-state index contributed by atoms with van der Waals surface area (Å²) in [6.07, 6.45) is 0.982. The molecule has 2 aromatic carbocycles. The summed E-state index contributed by atoms with van der Waals surface area (Å²) in [7, 11) is 0. The molecule has 0 atom stereocenters. The van der Waals surface area contributed by atoms with Gasteiger partial charge in [0.25, 0.3) is 5.91 Å². The highest BCUT2D eigenvalue weighted by Gasteiger charge is 2.16. The Kier molecular flexibility index (Phi) is 6.51. The lowest BCUT2D eigenvalue weighted by Crippen LogP contribution is -2.37. The number of benzene rings is 2. The lowest BCUT2D eigenvalue weighted by molar-refractivity contribution is -0.133. The van der Waals surface area contributed by atoms with Gasteiger partial charge in [-0.2, -0.15) is 0 Å². The molecule has 0 bridgehead atoms. The molecular formula is C17H20Cl2N2O2. The van der Waals surface area contributed by atoms with Crippen LogP contribution in [0, 0.1) is 0 Å². The number of amides is 1. The van der Waals surface area contributed by atoms with Gasteiger partial charge in [0.05, 0.1) is 0 Å². The van der Waals surface area contributed by atoms with Gasteiger partial charge in [0.15, 0.2) is 6.61 Å². The summed E-state index contributed by atoms with van der Waals surface area (Å²) in [6, 6.07) is 11.4. The van der Waals surface area contributed by atoms with E-state index in [-0.39, 0.29) is 24.9 Å². The van der Waals surface area contributed by atoms with Gasteiger partial charge in [0.1, 0.15) is 5.75 Å². The maximum Gasteiger partial charge on any atom is 0.260 e. The fourth-order valence-electron chi connectivity index (χ4n) is 2.69. The Labute approximate surface area is 147 Å². The minimum Gasteiger partial charge on any atom is -0.483 e. The monoisotopic (exact) mass is 354 g/mol. The maximum atomic E-state index is 12.3. The third-order valence-electron chi connectivity index (χ3n) is 3.87. The van der Waals surface area contributed by atoms with Crippen LogP contribution in [0.4, 0.5) is 0 Å². The predicted octanol–water partition coefficient (Wildman–Crippen LogP) is 3.12. The minimum atomic E-state index is 0. The zero-order valence-corrected chi connectivity index (χ0v) is 14.3. The molecule has 3 rings (SSSR count). The summed E-state index contributed by atoms with van der Waals surface area (Å²) in [6.45, 7) is 3.40. The molecular weight excluding hydrogens is 335 g/mol. The van der Waals surface area contributed by atoms with Crippen LogP contribution in [-0.4, -0.2) is 43.6 Å². The molecule has 0 radical (unpaired) electrons. The van der Waals surface area contributed by atoms with E-state index in [1.165, 1.54) is 0 Å². The zero-order valence-electron chi connectivity index (χ0n) is 12.8. The normalized spacial score (nSPS) is 14.9. The highest BCUT2D eigenvalue weighted by molar-refractivity contribution is 6.35. The molecule has 0 aliphatic carbocycles. The molecule has 1 aliphatic heterocycles. The van der Waals surface area contributed by atoms with Crippen molar-refractivity contribution in [1.29, 1.82) is 0 Å². The van der Waals surface area contributed by atoms with Gasteiger partial charge in [-0.3, -0.25) is 4.79 Å². The first kappa shape index (κ1) is 17.9. The van der Waals surface area contributed by atoms with E-state index in [2.05, 4.69) is 5.32 Å². The smallest absolute Gasteiger partial charge is 0.260 e. The number of hydrogen-bond acceptors (Lipinski definition) is 3. The Hall–Kier alpha value is -1.49. The molecule has 1 N–H and O–H groups in total. The van der Waals surface area contributed by atoms with Crippen molar-refractivity contribution in [1.82, 2.24) is 10.2 Å². The van der Waals surface area contributed by atoms with Gasteiger partial charge in [-0.25, -0.2) is 0 Å². The second-order valence-corrected chi connectivity index (χ2v) is 5.77. The summed E-state index contributed by atoms with van der Waals surface area (Å²) >= 11 is 6.19. The van der Waals surface area contributed by atoms with Gasteiger partial charge in [0, 0.05) is 35.4 Å². The quantitative estimate of drug-likeness (QED) is 0.920. The van der Waals surface area contributed by atoms with Crippen LogP contribution in [0.15, 0.2) is 36.4 Å². The Morgan fingerprint density at radius 2 is 1.91 bits per heavy atom. The largest absolute Gasteiger partial charge is 0.483 e. The van der Waals surface area contributed by atoms with E-state index >= 15 is 0 Å². The van der Waals surface area contributed by atoms with E-state index in [0.717, 1.165) is 43.4 Å². The number of nitrogens with zero attached hydrogens (tertiary/aromatic N) is 1. The molecule has 0 saturated carbocycles. The van der Waals surface area contributed by atoms with Crippen molar-refractivity contribution < 1.29 is 9.53 Å². The zero-order chi connectivity index (χ0) is 15.4. The van der Waals surface area contributed by atoms with Gasteiger partial charge < -0.3 is 15.0 Å². The second kappa shape index (κ2) is 8.39. The number of fused-ring (bicyclic) bond motifs is 1. The van der Waals surface area contributed by atoms with Crippen LogP contribution < -0.4 is 10.1 Å². The van der Waals surface area contributed by atoms with Gasteiger partial charge in [-0.15, -0.1) is 12.4 Å². The Morgan fingerprint density at radius 1 is 1.13 bits per heavy atom. The van der Waals surface area contributed by atoms with E-state index in [1.807, 2.05) is 35.2 Å². The number of ether oxygens (including phenoxy) is 1. The van der Waals surface area contributed by atoms with Gasteiger partial charge >= 0.3 is 0 Å². The molecule has 6 heteroatoms. The van der Waals surface area contributed by atoms with E-state index in [0.29, 0.717) is 10.8 Å². The second-order valence-electron chi connectivity index (χ2n) is 5.36. The maximum absolute atomic E-state index is 12.3. The minimum absolute atomic E-state index is 0. The van der Waals surface area contributed by atoms with Crippen LogP contribution in [-0.2, 0) is 4.79 Å². The highest BCUT2D eigenvalue weighted by Crippen LogP contribution is 2.31. The molecule has 124 valence electrons. The fraction of sp³-hybridized carbons (Fsp3) is 0.353. The standard InChI is InChI=1S/C17H19ClN2O2.ClH/c18-15-6-7-16(14-5-2-1-4-13(14)15)22-12-17(21)20-10-3-8-19-9-11-20;/h1-2,4-7,19H,3,8-12H2;1H. The Morgan fingerprint density at radius 3 is 2.74 bits per heavy atom. The molecule has 1 heterocycles. The van der Waals surface area contributed by atoms with Crippen molar-refractivity contribution in [3.63, 3.8) is 0 Å². The predicted molar refractivity (Wildman–Crippen MR) is 95.8 cm³/mol. The van der Waals surface area contributed by atoms with Gasteiger partial charge in [-0.05, 0) is 25.1 Å². The molecule has 0 aromatic heterocycles. The van der Waals surface area contributed by atoms with Crippen LogP contribution >= 0.6 is 24.0 Å². The lowest BCUT2D eigenvalue weighted by Gasteiger charge is -2.20. The van der Waals surface area contributed by atoms with Crippen molar-refractivity contribution >= 4 is 40.7 Å². The average Bonchev–Trinajstić information content (AvgIpc) is 2.83. The summed E-state index contributed by atoms with van der Waals surface area (Å²) < 4.78 is 5.76. The summed E-state index contributed by atoms with van der Waals surface area (Å²) in [5, 5.41) is 5.84. The number of carbonyl (C=O) groups is 1. The van der Waals surface area contributed by atoms with Crippen LogP contribution in [0.5, 0.6) is 5.75 Å². The van der Waals surface area contributed by atoms with Crippen molar-refractivity contribution in [2.45, 2.75) is 6.42 Å². The third kappa shape index (κ3) is 4.28. The van der Waals surface area contributed by atoms with Crippen LogP contribution in [0.1, 0.15) is 6.42 Å². The van der Waals surface area contributed by atoms with Crippen molar-refractivity contribution in [2.24, 2.45) is 0 Å². The molecule has 4 nitrogen and oxygen atoms in total. The number of carbonyl (C=O) groups excluding carboxylic acids is 1. The van der Waals surface area contributed by atoms with Crippen molar-refractivity contribution in [3.05, 3.63) is 41.4 Å². The van der Waals surface area contributed by atoms with Crippen LogP contribution in [0.3, 0.4) is 0 Å². The van der Waals surface area contributed by atoms with E-state index in [9.17, 15) is 4.79 Å². The molecule has 1 fully saturated rings. The fourth-order valence-corrected chi connectivity index (χ4v) is 2.91. The number of nitrogens with one attached hydrogen (secondary N) is 1. The third-order valence-corrected chi connectivity index (χ3v) is 4.20. The molecule has 23 heavy (non-hydrogen) atoms. The Balaban J connectivity index is 0.00000192. The molecule has 1 amide bonds. The number of hydrogen-bond donors (Lipinski definition) is 1. The Bertz CT molecular complexity index is 671. The average molecular weight is 355 g/mol. The van der Waals surface area contributed by atoms with E-state index in [1.54, 1.807) is 6.07 Å². The first-order valence-electron chi connectivity index (χ1n) is 7.54. The first-order chi connectivity index (χ1) is 10.8. The molecule has 0 unspecified atom stereocenters. The van der Waals surface area contributed by atoms with Crippen LogP contribution in [0.2, 0.25) is 5.02 Å². The first-order valence-corrected chi connectivity index (χ1v) is 7.92. The highest BCUT2D eigenvalue weighted by atomic mass is 35.5. The topological polar surface area (TPSA) is 41.6 Å². The summed E-state index contributed by atoms with van der Waals surface area (Å²) in [5.41, 5.74) is 0. The SMILES string of the molecule is Cl.O=C(COc1ccc(Cl)c2ccccc12)N1CCCNCC1. The summed E-state index contributed by atoms with van der Waals surface area (Å²) in [4.78, 5) is 14.1. The van der Waals surface area contributed by atoms with Crippen molar-refractivity contribution in [2.75, 3.05) is 32.8 Å². The van der Waals surface area contributed by atoms with E-state index in [4.69, 9.17) is 16.3 Å². The lowest BCUT2D eigenvalue weighted by atomic mass is 10.1. The molecule has 1 saturated heterocycles. The van der Waals surface area contributed by atoms with E-state index < -0.39 is 0 Å². The molecule has 2 aromatic rings. The molecule has 1 aliphatic rings.